The molecule has 0 unspecified atom stereocenters. The molecule has 0 aliphatic heterocycles. The molecule has 0 amide bonds. The number of aromatic amines is 1. The Balaban J connectivity index is 2.10. The summed E-state index contributed by atoms with van der Waals surface area (Å²) in [5, 5.41) is 5.31. The minimum Gasteiger partial charge on any atom is -0.340 e. The Hall–Kier alpha value is -1.13. The van der Waals surface area contributed by atoms with Crippen molar-refractivity contribution in [3.63, 3.8) is 0 Å². The fourth-order valence-corrected chi connectivity index (χ4v) is 1.92. The van der Waals surface area contributed by atoms with Crippen LogP contribution in [0.3, 0.4) is 0 Å². The van der Waals surface area contributed by atoms with Gasteiger partial charge in [0.25, 0.3) is 0 Å². The van der Waals surface area contributed by atoms with Crippen LogP contribution in [-0.4, -0.2) is 16.5 Å². The molecular formula is C10H13N3S. The number of imidazole rings is 1. The Morgan fingerprint density at radius 1 is 1.57 bits per heavy atom. The largest absolute Gasteiger partial charge is 0.340 e. The number of rotatable bonds is 4. The Morgan fingerprint density at radius 3 is 3.21 bits per heavy atom. The SMILES string of the molecule is CCNCc1cnc(-c2cccs2)[nH]1. The first kappa shape index (κ1) is 9.43. The van der Waals surface area contributed by atoms with Crippen molar-refractivity contribution in [1.29, 1.82) is 0 Å². The second-order valence-electron chi connectivity index (χ2n) is 3.01. The van der Waals surface area contributed by atoms with Gasteiger partial charge in [0.2, 0.25) is 0 Å². The minimum absolute atomic E-state index is 0.856. The third-order valence-corrected chi connectivity index (χ3v) is 2.83. The van der Waals surface area contributed by atoms with Crippen molar-refractivity contribution < 1.29 is 0 Å². The number of aromatic nitrogens is 2. The molecule has 0 aliphatic rings. The van der Waals surface area contributed by atoms with Gasteiger partial charge in [-0.3, -0.25) is 0 Å². The number of thiophene rings is 1. The highest BCUT2D eigenvalue weighted by atomic mass is 32.1. The lowest BCUT2D eigenvalue weighted by Gasteiger charge is -1.96. The van der Waals surface area contributed by atoms with E-state index in [1.165, 1.54) is 4.88 Å². The van der Waals surface area contributed by atoms with Crippen LogP contribution in [0.1, 0.15) is 12.6 Å². The molecule has 0 saturated carbocycles. The van der Waals surface area contributed by atoms with Gasteiger partial charge in [-0.1, -0.05) is 13.0 Å². The van der Waals surface area contributed by atoms with E-state index in [1.54, 1.807) is 11.3 Å². The van der Waals surface area contributed by atoms with Gasteiger partial charge in [0, 0.05) is 18.4 Å². The van der Waals surface area contributed by atoms with E-state index in [2.05, 4.69) is 33.7 Å². The lowest BCUT2D eigenvalue weighted by Crippen LogP contribution is -2.11. The van der Waals surface area contributed by atoms with E-state index in [1.807, 2.05) is 12.3 Å². The topological polar surface area (TPSA) is 40.7 Å². The van der Waals surface area contributed by atoms with Gasteiger partial charge in [-0.2, -0.15) is 0 Å². The van der Waals surface area contributed by atoms with Crippen LogP contribution in [0.2, 0.25) is 0 Å². The summed E-state index contributed by atoms with van der Waals surface area (Å²) in [7, 11) is 0. The summed E-state index contributed by atoms with van der Waals surface area (Å²) in [6.45, 7) is 3.93. The molecule has 0 aliphatic carbocycles. The molecular weight excluding hydrogens is 194 g/mol. The average molecular weight is 207 g/mol. The first-order valence-electron chi connectivity index (χ1n) is 4.68. The number of nitrogens with zero attached hydrogens (tertiary/aromatic N) is 1. The molecule has 0 fully saturated rings. The standard InChI is InChI=1S/C10H13N3S/c1-2-11-6-8-7-12-10(13-8)9-4-3-5-14-9/h3-5,7,11H,2,6H2,1H3,(H,12,13). The van der Waals surface area contributed by atoms with Crippen LogP contribution in [0.15, 0.2) is 23.7 Å². The maximum atomic E-state index is 4.33. The van der Waals surface area contributed by atoms with Crippen molar-refractivity contribution in [1.82, 2.24) is 15.3 Å². The van der Waals surface area contributed by atoms with Crippen LogP contribution in [0, 0.1) is 0 Å². The van der Waals surface area contributed by atoms with Gasteiger partial charge < -0.3 is 10.3 Å². The third-order valence-electron chi connectivity index (χ3n) is 1.95. The summed E-state index contributed by atoms with van der Waals surface area (Å²) in [4.78, 5) is 8.80. The number of nitrogens with one attached hydrogen (secondary N) is 2. The normalized spacial score (nSPS) is 10.6. The molecule has 2 aromatic rings. The quantitative estimate of drug-likeness (QED) is 0.807. The molecule has 2 rings (SSSR count). The Bertz CT molecular complexity index is 378. The maximum absolute atomic E-state index is 4.33. The summed E-state index contributed by atoms with van der Waals surface area (Å²) < 4.78 is 0. The van der Waals surface area contributed by atoms with Crippen LogP contribution < -0.4 is 5.32 Å². The van der Waals surface area contributed by atoms with E-state index in [-0.39, 0.29) is 0 Å². The minimum atomic E-state index is 0.856. The number of hydrogen-bond acceptors (Lipinski definition) is 3. The van der Waals surface area contributed by atoms with Crippen LogP contribution in [0.25, 0.3) is 10.7 Å². The molecule has 0 atom stereocenters. The molecule has 0 aromatic carbocycles. The summed E-state index contributed by atoms with van der Waals surface area (Å²) >= 11 is 1.70. The Morgan fingerprint density at radius 2 is 2.50 bits per heavy atom. The van der Waals surface area contributed by atoms with Gasteiger partial charge in [0.15, 0.2) is 0 Å². The van der Waals surface area contributed by atoms with Crippen molar-refractivity contribution in [3.05, 3.63) is 29.4 Å². The molecule has 0 spiro atoms. The lowest BCUT2D eigenvalue weighted by molar-refractivity contribution is 0.714. The van der Waals surface area contributed by atoms with E-state index < -0.39 is 0 Å². The lowest BCUT2D eigenvalue weighted by atomic mass is 10.4. The van der Waals surface area contributed by atoms with Crippen molar-refractivity contribution >= 4 is 11.3 Å². The molecule has 0 saturated heterocycles. The number of hydrogen-bond donors (Lipinski definition) is 2. The van der Waals surface area contributed by atoms with Crippen LogP contribution in [-0.2, 0) is 6.54 Å². The van der Waals surface area contributed by atoms with Gasteiger partial charge in [0.05, 0.1) is 4.88 Å². The predicted octanol–water partition coefficient (Wildman–Crippen LogP) is 2.25. The molecule has 3 nitrogen and oxygen atoms in total. The van der Waals surface area contributed by atoms with Crippen molar-refractivity contribution in [2.75, 3.05) is 6.54 Å². The van der Waals surface area contributed by atoms with Gasteiger partial charge in [-0.05, 0) is 18.0 Å². The summed E-state index contributed by atoms with van der Waals surface area (Å²) in [5.41, 5.74) is 1.13. The highest BCUT2D eigenvalue weighted by Crippen LogP contribution is 2.20. The zero-order valence-electron chi connectivity index (χ0n) is 8.08. The Labute approximate surface area is 87.2 Å². The number of H-pyrrole nitrogens is 1. The van der Waals surface area contributed by atoms with Gasteiger partial charge in [-0.15, -0.1) is 11.3 Å². The first-order valence-corrected chi connectivity index (χ1v) is 5.56. The fourth-order valence-electron chi connectivity index (χ4n) is 1.25. The molecule has 2 N–H and O–H groups in total. The smallest absolute Gasteiger partial charge is 0.147 e. The second-order valence-corrected chi connectivity index (χ2v) is 3.96. The predicted molar refractivity (Wildman–Crippen MR) is 59.3 cm³/mol. The molecule has 2 heterocycles. The van der Waals surface area contributed by atoms with Crippen molar-refractivity contribution in [2.45, 2.75) is 13.5 Å². The van der Waals surface area contributed by atoms with Gasteiger partial charge in [-0.25, -0.2) is 4.98 Å². The molecule has 0 bridgehead atoms. The van der Waals surface area contributed by atoms with E-state index in [9.17, 15) is 0 Å². The van der Waals surface area contributed by atoms with E-state index in [4.69, 9.17) is 0 Å². The highest BCUT2D eigenvalue weighted by Gasteiger charge is 2.02. The molecule has 74 valence electrons. The molecule has 14 heavy (non-hydrogen) atoms. The van der Waals surface area contributed by atoms with Crippen LogP contribution >= 0.6 is 11.3 Å². The van der Waals surface area contributed by atoms with Crippen molar-refractivity contribution in [2.24, 2.45) is 0 Å². The summed E-state index contributed by atoms with van der Waals surface area (Å²) in [5.74, 6) is 0.966. The van der Waals surface area contributed by atoms with Crippen molar-refractivity contribution in [3.8, 4) is 10.7 Å². The monoisotopic (exact) mass is 207 g/mol. The van der Waals surface area contributed by atoms with E-state index in [0.717, 1.165) is 24.6 Å². The zero-order chi connectivity index (χ0) is 9.80. The molecule has 2 aromatic heterocycles. The first-order chi connectivity index (χ1) is 6.90. The van der Waals surface area contributed by atoms with E-state index >= 15 is 0 Å². The zero-order valence-corrected chi connectivity index (χ0v) is 8.90. The highest BCUT2D eigenvalue weighted by molar-refractivity contribution is 7.13. The average Bonchev–Trinajstić information content (AvgIpc) is 2.85. The molecule has 0 radical (unpaired) electrons. The summed E-state index contributed by atoms with van der Waals surface area (Å²) in [6, 6.07) is 4.10. The second kappa shape index (κ2) is 4.39. The fraction of sp³-hybridized carbons (Fsp3) is 0.300. The van der Waals surface area contributed by atoms with Crippen LogP contribution in [0.4, 0.5) is 0 Å². The maximum Gasteiger partial charge on any atom is 0.147 e. The van der Waals surface area contributed by atoms with Gasteiger partial charge in [0.1, 0.15) is 5.82 Å². The third kappa shape index (κ3) is 2.02. The van der Waals surface area contributed by atoms with E-state index in [0.29, 0.717) is 0 Å². The Kier molecular flexibility index (Phi) is 2.96. The van der Waals surface area contributed by atoms with Gasteiger partial charge >= 0.3 is 0 Å². The van der Waals surface area contributed by atoms with Crippen LogP contribution in [0.5, 0.6) is 0 Å². The molecule has 4 heteroatoms. The summed E-state index contributed by atoms with van der Waals surface area (Å²) in [6.07, 6.45) is 1.89.